The summed E-state index contributed by atoms with van der Waals surface area (Å²) >= 11 is 0. The number of hydrogen-bond donors (Lipinski definition) is 1. The van der Waals surface area contributed by atoms with Gasteiger partial charge in [-0.3, -0.25) is 0 Å². The normalized spacial score (nSPS) is 19.2. The zero-order chi connectivity index (χ0) is 17.5. The van der Waals surface area contributed by atoms with Gasteiger partial charge in [0.2, 0.25) is 0 Å². The van der Waals surface area contributed by atoms with Gasteiger partial charge in [-0.2, -0.15) is 9.61 Å². The van der Waals surface area contributed by atoms with Crippen LogP contribution in [0.1, 0.15) is 30.5 Å². The molecule has 26 heavy (non-hydrogen) atoms. The summed E-state index contributed by atoms with van der Waals surface area (Å²) in [6, 6.07) is 8.41. The lowest BCUT2D eigenvalue weighted by molar-refractivity contribution is 0.120. The van der Waals surface area contributed by atoms with Crippen molar-refractivity contribution >= 4 is 11.5 Å². The molecule has 0 bridgehead atoms. The zero-order valence-electron chi connectivity index (χ0n) is 14.5. The average molecular weight is 352 g/mol. The van der Waals surface area contributed by atoms with Crippen LogP contribution in [-0.2, 0) is 17.6 Å². The van der Waals surface area contributed by atoms with Gasteiger partial charge in [0, 0.05) is 36.0 Å². The van der Waals surface area contributed by atoms with Crippen molar-refractivity contribution in [3.63, 3.8) is 0 Å². The highest BCUT2D eigenvalue weighted by atomic mass is 19.1. The topological polar surface area (TPSA) is 51.5 Å². The van der Waals surface area contributed by atoms with Gasteiger partial charge < -0.3 is 10.1 Å². The summed E-state index contributed by atoms with van der Waals surface area (Å²) < 4.78 is 20.9. The first-order chi connectivity index (χ1) is 12.8. The molecule has 1 aliphatic heterocycles. The lowest BCUT2D eigenvalue weighted by Gasteiger charge is -2.16. The number of aryl methyl sites for hydroxylation is 1. The molecule has 3 aromatic rings. The summed E-state index contributed by atoms with van der Waals surface area (Å²) in [6.45, 7) is 1.64. The largest absolute Gasteiger partial charge is 0.376 e. The smallest absolute Gasteiger partial charge is 0.158 e. The van der Waals surface area contributed by atoms with E-state index >= 15 is 0 Å². The molecular formula is C20H21FN4O. The van der Waals surface area contributed by atoms with Gasteiger partial charge in [0.1, 0.15) is 11.6 Å². The van der Waals surface area contributed by atoms with Crippen molar-refractivity contribution in [3.8, 4) is 11.3 Å². The Morgan fingerprint density at radius 1 is 1.19 bits per heavy atom. The Bertz CT molecular complexity index is 945. The van der Waals surface area contributed by atoms with E-state index in [9.17, 15) is 4.39 Å². The van der Waals surface area contributed by atoms with E-state index < -0.39 is 0 Å². The third kappa shape index (κ3) is 2.74. The number of ether oxygens (including phenoxy) is 1. The van der Waals surface area contributed by atoms with Gasteiger partial charge in [0.05, 0.1) is 11.8 Å². The molecule has 0 amide bonds. The van der Waals surface area contributed by atoms with E-state index in [1.165, 1.54) is 17.7 Å². The van der Waals surface area contributed by atoms with E-state index in [-0.39, 0.29) is 11.9 Å². The second-order valence-electron chi connectivity index (χ2n) is 7.06. The minimum Gasteiger partial charge on any atom is -0.376 e. The van der Waals surface area contributed by atoms with Gasteiger partial charge in [0.15, 0.2) is 5.65 Å². The Balaban J connectivity index is 1.55. The Kier molecular flexibility index (Phi) is 3.85. The lowest BCUT2D eigenvalue weighted by Crippen LogP contribution is -2.21. The summed E-state index contributed by atoms with van der Waals surface area (Å²) in [5, 5.41) is 8.34. The standard InChI is InChI=1S/C20H21FN4O/c21-14-8-6-13(7-9-14)18-11-19-23-17-5-1-4-16(17)20(25(19)24-18)22-12-15-3-2-10-26-15/h6-9,11,15,22H,1-5,10,12H2. The number of hydrogen-bond acceptors (Lipinski definition) is 4. The summed E-state index contributed by atoms with van der Waals surface area (Å²) in [7, 11) is 0. The fraction of sp³-hybridized carbons (Fsp3) is 0.400. The van der Waals surface area contributed by atoms with E-state index in [0.717, 1.165) is 73.7 Å². The number of halogens is 1. The van der Waals surface area contributed by atoms with Crippen LogP contribution in [-0.4, -0.2) is 33.9 Å². The number of nitrogens with zero attached hydrogens (tertiary/aromatic N) is 3. The Morgan fingerprint density at radius 3 is 2.88 bits per heavy atom. The molecule has 2 aliphatic rings. The Hall–Kier alpha value is -2.47. The summed E-state index contributed by atoms with van der Waals surface area (Å²) in [5.74, 6) is 0.792. The fourth-order valence-corrected chi connectivity index (χ4v) is 3.95. The van der Waals surface area contributed by atoms with Crippen LogP contribution >= 0.6 is 0 Å². The molecule has 1 aromatic carbocycles. The second-order valence-corrected chi connectivity index (χ2v) is 7.06. The number of rotatable bonds is 4. The number of benzene rings is 1. The molecule has 1 atom stereocenters. The maximum absolute atomic E-state index is 13.2. The van der Waals surface area contributed by atoms with Crippen molar-refractivity contribution in [1.29, 1.82) is 0 Å². The number of nitrogens with one attached hydrogen (secondary N) is 1. The molecule has 0 saturated carbocycles. The van der Waals surface area contributed by atoms with Gasteiger partial charge in [0.25, 0.3) is 0 Å². The number of fused-ring (bicyclic) bond motifs is 2. The molecule has 134 valence electrons. The third-order valence-corrected chi connectivity index (χ3v) is 5.29. The Labute approximate surface area is 151 Å². The summed E-state index contributed by atoms with van der Waals surface area (Å²) in [4.78, 5) is 4.82. The zero-order valence-corrected chi connectivity index (χ0v) is 14.5. The van der Waals surface area contributed by atoms with Crippen LogP contribution in [0.3, 0.4) is 0 Å². The molecule has 6 heteroatoms. The highest BCUT2D eigenvalue weighted by Gasteiger charge is 2.23. The van der Waals surface area contributed by atoms with E-state index in [4.69, 9.17) is 14.8 Å². The first-order valence-electron chi connectivity index (χ1n) is 9.31. The molecular weight excluding hydrogens is 331 g/mol. The van der Waals surface area contributed by atoms with E-state index in [0.29, 0.717) is 0 Å². The average Bonchev–Trinajstić information content (AvgIpc) is 3.39. The fourth-order valence-electron chi connectivity index (χ4n) is 3.95. The number of aromatic nitrogens is 3. The molecule has 1 unspecified atom stereocenters. The van der Waals surface area contributed by atoms with Crippen LogP contribution in [0.15, 0.2) is 30.3 Å². The van der Waals surface area contributed by atoms with Gasteiger partial charge in [-0.05, 0) is 56.4 Å². The lowest BCUT2D eigenvalue weighted by atomic mass is 10.1. The van der Waals surface area contributed by atoms with Gasteiger partial charge in [-0.1, -0.05) is 0 Å². The molecule has 3 heterocycles. The summed E-state index contributed by atoms with van der Waals surface area (Å²) in [6.07, 6.45) is 5.67. The summed E-state index contributed by atoms with van der Waals surface area (Å²) in [5.41, 5.74) is 4.96. The molecule has 5 nitrogen and oxygen atoms in total. The van der Waals surface area contributed by atoms with Crippen molar-refractivity contribution in [2.75, 3.05) is 18.5 Å². The predicted molar refractivity (Wildman–Crippen MR) is 97.9 cm³/mol. The van der Waals surface area contributed by atoms with Gasteiger partial charge in [-0.15, -0.1) is 0 Å². The van der Waals surface area contributed by atoms with Crippen LogP contribution in [0, 0.1) is 5.82 Å². The van der Waals surface area contributed by atoms with Crippen LogP contribution in [0.2, 0.25) is 0 Å². The molecule has 0 spiro atoms. The maximum atomic E-state index is 13.2. The first-order valence-corrected chi connectivity index (χ1v) is 9.31. The molecule has 1 aliphatic carbocycles. The monoisotopic (exact) mass is 352 g/mol. The second kappa shape index (κ2) is 6.36. The number of anilines is 1. The van der Waals surface area contributed by atoms with E-state index in [1.54, 1.807) is 12.1 Å². The SMILES string of the molecule is Fc1ccc(-c2cc3nc4c(c(NCC5CCCO5)n3n2)CCC4)cc1. The van der Waals surface area contributed by atoms with E-state index in [1.807, 2.05) is 10.6 Å². The molecule has 1 N–H and O–H groups in total. The van der Waals surface area contributed by atoms with Crippen molar-refractivity contribution in [2.45, 2.75) is 38.2 Å². The van der Waals surface area contributed by atoms with Crippen LogP contribution in [0.25, 0.3) is 16.9 Å². The van der Waals surface area contributed by atoms with Gasteiger partial charge >= 0.3 is 0 Å². The van der Waals surface area contributed by atoms with Crippen molar-refractivity contribution < 1.29 is 9.13 Å². The minimum atomic E-state index is -0.242. The van der Waals surface area contributed by atoms with Crippen LogP contribution in [0.4, 0.5) is 10.2 Å². The minimum absolute atomic E-state index is 0.242. The van der Waals surface area contributed by atoms with E-state index in [2.05, 4.69) is 5.32 Å². The Morgan fingerprint density at radius 2 is 2.08 bits per heavy atom. The first kappa shape index (κ1) is 15.8. The van der Waals surface area contributed by atoms with Crippen molar-refractivity contribution in [1.82, 2.24) is 14.6 Å². The molecule has 1 saturated heterocycles. The predicted octanol–water partition coefficient (Wildman–Crippen LogP) is 3.62. The molecule has 5 rings (SSSR count). The maximum Gasteiger partial charge on any atom is 0.158 e. The van der Waals surface area contributed by atoms with Gasteiger partial charge in [-0.25, -0.2) is 9.37 Å². The molecule has 0 radical (unpaired) electrons. The highest BCUT2D eigenvalue weighted by molar-refractivity contribution is 5.67. The van der Waals surface area contributed by atoms with Crippen LogP contribution in [0.5, 0.6) is 0 Å². The van der Waals surface area contributed by atoms with Crippen molar-refractivity contribution in [2.24, 2.45) is 0 Å². The highest BCUT2D eigenvalue weighted by Crippen LogP contribution is 2.30. The molecule has 2 aromatic heterocycles. The molecule has 1 fully saturated rings. The quantitative estimate of drug-likeness (QED) is 0.779. The van der Waals surface area contributed by atoms with Crippen molar-refractivity contribution in [3.05, 3.63) is 47.4 Å². The van der Waals surface area contributed by atoms with Crippen LogP contribution < -0.4 is 5.32 Å². The third-order valence-electron chi connectivity index (χ3n) is 5.29.